The summed E-state index contributed by atoms with van der Waals surface area (Å²) in [6.45, 7) is 5.21. The zero-order valence-electron chi connectivity index (χ0n) is 19.8. The molecule has 176 valence electrons. The Morgan fingerprint density at radius 3 is 2.47 bits per heavy atom. The maximum Gasteiger partial charge on any atom is 0.281 e. The minimum absolute atomic E-state index is 0.00118. The Morgan fingerprint density at radius 1 is 1.12 bits per heavy atom. The molecule has 34 heavy (non-hydrogen) atoms. The van der Waals surface area contributed by atoms with Crippen LogP contribution < -0.4 is 0 Å². The first-order valence-corrected chi connectivity index (χ1v) is 12.9. The van der Waals surface area contributed by atoms with Gasteiger partial charge < -0.3 is 4.98 Å². The van der Waals surface area contributed by atoms with Crippen LogP contribution in [0.15, 0.2) is 36.4 Å². The predicted octanol–water partition coefficient (Wildman–Crippen LogP) is 3.90. The summed E-state index contributed by atoms with van der Waals surface area (Å²) in [5.74, 6) is 0.242. The highest BCUT2D eigenvalue weighted by Gasteiger charge is 2.40. The molecule has 1 aliphatic heterocycles. The number of nitriles is 1. The van der Waals surface area contributed by atoms with Crippen molar-refractivity contribution in [3.63, 3.8) is 0 Å². The summed E-state index contributed by atoms with van der Waals surface area (Å²) >= 11 is 0. The number of piperidine rings is 1. The monoisotopic (exact) mass is 476 g/mol. The number of nitrogens with zero attached hydrogens (tertiary/aromatic N) is 3. The molecule has 5 rings (SSSR count). The van der Waals surface area contributed by atoms with Crippen molar-refractivity contribution in [1.82, 2.24) is 13.6 Å². The van der Waals surface area contributed by atoms with E-state index < -0.39 is 15.6 Å². The number of carbonyl (C=O) groups excluding carboxylic acids is 1. The molecule has 0 bridgehead atoms. The van der Waals surface area contributed by atoms with Crippen LogP contribution in [0.1, 0.15) is 70.9 Å². The number of H-pyrrole nitrogens is 1. The summed E-state index contributed by atoms with van der Waals surface area (Å²) in [4.78, 5) is 17.0. The number of ketones is 1. The van der Waals surface area contributed by atoms with Crippen LogP contribution in [0.3, 0.4) is 0 Å². The largest absolute Gasteiger partial charge is 0.357 e. The lowest BCUT2D eigenvalue weighted by molar-refractivity contribution is 0.103. The molecule has 1 N–H and O–H groups in total. The van der Waals surface area contributed by atoms with Crippen molar-refractivity contribution in [2.45, 2.75) is 38.0 Å². The van der Waals surface area contributed by atoms with Gasteiger partial charge in [0.15, 0.2) is 5.78 Å². The smallest absolute Gasteiger partial charge is 0.281 e. The highest BCUT2D eigenvalue weighted by molar-refractivity contribution is 7.86. The van der Waals surface area contributed by atoms with Crippen LogP contribution in [0, 0.1) is 11.3 Å². The first-order valence-electron chi connectivity index (χ1n) is 11.5. The molecule has 0 amide bonds. The normalized spacial score (nSPS) is 18.6. The molecule has 2 aromatic carbocycles. The van der Waals surface area contributed by atoms with Crippen LogP contribution in [-0.2, 0) is 15.6 Å². The average molecular weight is 477 g/mol. The standard InChI is InChI=1S/C26H28N4O3S/c1-26(2)21-14-18(17-9-11-30(12-10-17)34(32,33)29(3)4)6-8-19(21)24(31)23-20-7-5-16(15-27)13-22(20)28-25(23)26/h5-8,13-14,17,28H,9-12H2,1-4H3. The van der Waals surface area contributed by atoms with Gasteiger partial charge in [0.25, 0.3) is 10.2 Å². The van der Waals surface area contributed by atoms with Crippen LogP contribution in [0.25, 0.3) is 10.9 Å². The average Bonchev–Trinajstić information content (AvgIpc) is 3.22. The van der Waals surface area contributed by atoms with Crippen molar-refractivity contribution >= 4 is 26.9 Å². The van der Waals surface area contributed by atoms with Crippen molar-refractivity contribution < 1.29 is 13.2 Å². The Morgan fingerprint density at radius 2 is 1.82 bits per heavy atom. The van der Waals surface area contributed by atoms with E-state index in [1.54, 1.807) is 30.5 Å². The quantitative estimate of drug-likeness (QED) is 0.620. The van der Waals surface area contributed by atoms with E-state index in [4.69, 9.17) is 0 Å². The van der Waals surface area contributed by atoms with Gasteiger partial charge in [-0.3, -0.25) is 4.79 Å². The van der Waals surface area contributed by atoms with Gasteiger partial charge in [0.05, 0.1) is 17.2 Å². The Labute approximate surface area is 200 Å². The number of fused-ring (bicyclic) bond motifs is 4. The lowest BCUT2D eigenvalue weighted by atomic mass is 9.70. The number of aromatic nitrogens is 1. The minimum Gasteiger partial charge on any atom is -0.357 e. The number of rotatable bonds is 3. The summed E-state index contributed by atoms with van der Waals surface area (Å²) < 4.78 is 27.7. The molecule has 0 atom stereocenters. The molecule has 1 fully saturated rings. The van der Waals surface area contributed by atoms with Gasteiger partial charge in [-0.05, 0) is 42.0 Å². The zero-order valence-corrected chi connectivity index (χ0v) is 20.7. The maximum absolute atomic E-state index is 13.6. The van der Waals surface area contributed by atoms with Crippen molar-refractivity contribution in [1.29, 1.82) is 5.26 Å². The van der Waals surface area contributed by atoms with E-state index >= 15 is 0 Å². The van der Waals surface area contributed by atoms with Crippen LogP contribution in [0.4, 0.5) is 0 Å². The Kier molecular flexibility index (Phi) is 5.21. The van der Waals surface area contributed by atoms with Crippen LogP contribution >= 0.6 is 0 Å². The minimum atomic E-state index is -3.40. The summed E-state index contributed by atoms with van der Waals surface area (Å²) in [5.41, 5.74) is 5.33. The summed E-state index contributed by atoms with van der Waals surface area (Å²) in [5, 5.41) is 10.1. The zero-order chi connectivity index (χ0) is 24.4. The van der Waals surface area contributed by atoms with Crippen molar-refractivity contribution in [2.75, 3.05) is 27.2 Å². The summed E-state index contributed by atoms with van der Waals surface area (Å²) in [7, 11) is -0.282. The second kappa shape index (κ2) is 7.77. The molecule has 0 saturated carbocycles. The summed E-state index contributed by atoms with van der Waals surface area (Å²) in [6, 6.07) is 13.7. The fourth-order valence-corrected chi connectivity index (χ4v) is 6.56. The van der Waals surface area contributed by atoms with Gasteiger partial charge in [-0.15, -0.1) is 0 Å². The molecule has 2 heterocycles. The van der Waals surface area contributed by atoms with Gasteiger partial charge in [-0.1, -0.05) is 38.1 Å². The van der Waals surface area contributed by atoms with Gasteiger partial charge in [0, 0.05) is 54.8 Å². The number of hydrogen-bond donors (Lipinski definition) is 1. The predicted molar refractivity (Wildman–Crippen MR) is 131 cm³/mol. The molecule has 0 spiro atoms. The lowest BCUT2D eigenvalue weighted by Crippen LogP contribution is -2.44. The van der Waals surface area contributed by atoms with E-state index in [9.17, 15) is 18.5 Å². The first kappa shape index (κ1) is 22.8. The maximum atomic E-state index is 13.6. The van der Waals surface area contributed by atoms with E-state index in [1.807, 2.05) is 18.2 Å². The number of carbonyl (C=O) groups is 1. The Hall–Kier alpha value is -2.99. The molecule has 1 saturated heterocycles. The second-order valence-corrected chi connectivity index (χ2v) is 12.1. The van der Waals surface area contributed by atoms with Crippen molar-refractivity contribution in [2.24, 2.45) is 0 Å². The third-order valence-corrected chi connectivity index (χ3v) is 9.39. The van der Waals surface area contributed by atoms with Gasteiger partial charge in [0.1, 0.15) is 0 Å². The molecular weight excluding hydrogens is 448 g/mol. The van der Waals surface area contributed by atoms with Gasteiger partial charge in [-0.2, -0.15) is 22.3 Å². The van der Waals surface area contributed by atoms with E-state index in [0.717, 1.165) is 40.6 Å². The van der Waals surface area contributed by atoms with E-state index in [-0.39, 0.29) is 11.7 Å². The van der Waals surface area contributed by atoms with Gasteiger partial charge >= 0.3 is 0 Å². The highest BCUT2D eigenvalue weighted by atomic mass is 32.2. The molecule has 0 radical (unpaired) electrons. The van der Waals surface area contributed by atoms with Crippen LogP contribution in [-0.4, -0.2) is 55.0 Å². The third kappa shape index (κ3) is 3.30. The molecule has 2 aliphatic rings. The van der Waals surface area contributed by atoms with Crippen LogP contribution in [0.2, 0.25) is 0 Å². The van der Waals surface area contributed by atoms with Gasteiger partial charge in [-0.25, -0.2) is 0 Å². The second-order valence-electron chi connectivity index (χ2n) is 9.97. The SMILES string of the molecule is CN(C)S(=O)(=O)N1CCC(c2ccc3c(c2)C(C)(C)c2[nH]c4cc(C#N)ccc4c2C3=O)CC1. The van der Waals surface area contributed by atoms with E-state index in [2.05, 4.69) is 31.0 Å². The van der Waals surface area contributed by atoms with Crippen LogP contribution in [0.5, 0.6) is 0 Å². The highest BCUT2D eigenvalue weighted by Crippen LogP contribution is 2.45. The molecule has 0 unspecified atom stereocenters. The van der Waals surface area contributed by atoms with E-state index in [1.165, 1.54) is 4.31 Å². The Bertz CT molecular complexity index is 1470. The fourth-order valence-electron chi connectivity index (χ4n) is 5.42. The van der Waals surface area contributed by atoms with Crippen molar-refractivity contribution in [3.8, 4) is 6.07 Å². The summed E-state index contributed by atoms with van der Waals surface area (Å²) in [6.07, 6.45) is 1.49. The third-order valence-electron chi connectivity index (χ3n) is 7.45. The number of nitrogens with one attached hydrogen (secondary N) is 1. The van der Waals surface area contributed by atoms with Gasteiger partial charge in [0.2, 0.25) is 0 Å². The molecule has 1 aliphatic carbocycles. The molecule has 8 heteroatoms. The number of aromatic amines is 1. The molecule has 3 aromatic rings. The lowest BCUT2D eigenvalue weighted by Gasteiger charge is -2.35. The van der Waals surface area contributed by atoms with Crippen molar-refractivity contribution in [3.05, 3.63) is 69.9 Å². The fraction of sp³-hybridized carbons (Fsp3) is 0.385. The molecule has 1 aromatic heterocycles. The molecular formula is C26H28N4O3S. The first-order chi connectivity index (χ1) is 16.1. The Balaban J connectivity index is 1.50. The molecule has 7 nitrogen and oxygen atoms in total. The topological polar surface area (TPSA) is 97.3 Å². The van der Waals surface area contributed by atoms with E-state index in [0.29, 0.717) is 29.8 Å². The number of benzene rings is 2. The number of hydrogen-bond acceptors (Lipinski definition) is 4.